The standard InChI is InChI=1S/C17H14ClNO4S/c1-2-9-24(22,23)15-8-7-11(18)10-14(15)19-16(20)12-5-3-4-6-13(12)17(19)21/h3-8,10H,2,9H2,1H3. The van der Waals surface area contributed by atoms with Gasteiger partial charge >= 0.3 is 0 Å². The number of carbonyl (C=O) groups excluding carboxylic acids is 2. The number of imide groups is 1. The lowest BCUT2D eigenvalue weighted by atomic mass is 10.1. The van der Waals surface area contributed by atoms with Gasteiger partial charge in [-0.25, -0.2) is 13.3 Å². The zero-order valence-electron chi connectivity index (χ0n) is 12.8. The van der Waals surface area contributed by atoms with Crippen LogP contribution in [0.4, 0.5) is 5.69 Å². The Balaban J connectivity index is 2.20. The summed E-state index contributed by atoms with van der Waals surface area (Å²) in [6.45, 7) is 1.75. The number of hydrogen-bond acceptors (Lipinski definition) is 4. The third-order valence-corrected chi connectivity index (χ3v) is 5.96. The van der Waals surface area contributed by atoms with Crippen LogP contribution in [0, 0.1) is 0 Å². The SMILES string of the molecule is CCCS(=O)(=O)c1ccc(Cl)cc1N1C(=O)c2ccccc2C1=O. The van der Waals surface area contributed by atoms with Crippen LogP contribution in [0.2, 0.25) is 5.02 Å². The molecule has 0 aromatic heterocycles. The van der Waals surface area contributed by atoms with E-state index in [1.807, 2.05) is 0 Å². The number of benzene rings is 2. The molecular weight excluding hydrogens is 350 g/mol. The Kier molecular flexibility index (Phi) is 4.19. The lowest BCUT2D eigenvalue weighted by molar-refractivity contribution is 0.0925. The van der Waals surface area contributed by atoms with E-state index in [2.05, 4.69) is 0 Å². The predicted molar refractivity (Wildman–Crippen MR) is 91.4 cm³/mol. The number of rotatable bonds is 4. The molecule has 0 saturated heterocycles. The maximum atomic E-state index is 12.6. The molecule has 0 atom stereocenters. The van der Waals surface area contributed by atoms with Gasteiger partial charge in [0.15, 0.2) is 9.84 Å². The molecule has 0 fully saturated rings. The van der Waals surface area contributed by atoms with Crippen LogP contribution >= 0.6 is 11.6 Å². The molecule has 7 heteroatoms. The highest BCUT2D eigenvalue weighted by Gasteiger charge is 2.38. The molecule has 0 spiro atoms. The molecule has 1 aliphatic heterocycles. The van der Waals surface area contributed by atoms with E-state index in [9.17, 15) is 18.0 Å². The van der Waals surface area contributed by atoms with E-state index in [1.54, 1.807) is 31.2 Å². The van der Waals surface area contributed by atoms with Crippen LogP contribution < -0.4 is 4.90 Å². The number of nitrogens with zero attached hydrogens (tertiary/aromatic N) is 1. The minimum Gasteiger partial charge on any atom is -0.268 e. The fourth-order valence-corrected chi connectivity index (χ4v) is 4.38. The third kappa shape index (κ3) is 2.61. The van der Waals surface area contributed by atoms with Crippen molar-refractivity contribution in [2.45, 2.75) is 18.2 Å². The molecule has 0 bridgehead atoms. The van der Waals surface area contributed by atoms with Crippen LogP contribution in [0.3, 0.4) is 0 Å². The van der Waals surface area contributed by atoms with Gasteiger partial charge < -0.3 is 0 Å². The highest BCUT2D eigenvalue weighted by molar-refractivity contribution is 7.91. The average molecular weight is 364 g/mol. The maximum absolute atomic E-state index is 12.6. The molecule has 124 valence electrons. The van der Waals surface area contributed by atoms with Crippen molar-refractivity contribution in [3.63, 3.8) is 0 Å². The van der Waals surface area contributed by atoms with Crippen molar-refractivity contribution in [3.05, 3.63) is 58.6 Å². The van der Waals surface area contributed by atoms with Crippen LogP contribution in [-0.2, 0) is 9.84 Å². The fraction of sp³-hybridized carbons (Fsp3) is 0.176. The summed E-state index contributed by atoms with van der Waals surface area (Å²) in [6.07, 6.45) is 0.423. The molecule has 0 radical (unpaired) electrons. The number of halogens is 1. The number of anilines is 1. The van der Waals surface area contributed by atoms with Crippen molar-refractivity contribution in [1.29, 1.82) is 0 Å². The molecular formula is C17H14ClNO4S. The van der Waals surface area contributed by atoms with Crippen molar-refractivity contribution >= 4 is 38.9 Å². The van der Waals surface area contributed by atoms with Crippen LogP contribution in [-0.4, -0.2) is 26.0 Å². The molecule has 0 saturated carbocycles. The third-order valence-electron chi connectivity index (χ3n) is 3.76. The minimum atomic E-state index is -3.63. The zero-order chi connectivity index (χ0) is 17.5. The predicted octanol–water partition coefficient (Wildman–Crippen LogP) is 3.32. The highest BCUT2D eigenvalue weighted by atomic mass is 35.5. The molecule has 2 aromatic rings. The topological polar surface area (TPSA) is 71.5 Å². The van der Waals surface area contributed by atoms with E-state index >= 15 is 0 Å². The van der Waals surface area contributed by atoms with Gasteiger partial charge in [0.2, 0.25) is 0 Å². The van der Waals surface area contributed by atoms with Crippen LogP contribution in [0.5, 0.6) is 0 Å². The minimum absolute atomic E-state index is 0.00199. The van der Waals surface area contributed by atoms with Crippen molar-refractivity contribution < 1.29 is 18.0 Å². The summed E-state index contributed by atoms with van der Waals surface area (Å²) in [7, 11) is -3.63. The van der Waals surface area contributed by atoms with Crippen molar-refractivity contribution in [3.8, 4) is 0 Å². The molecule has 24 heavy (non-hydrogen) atoms. The molecule has 0 unspecified atom stereocenters. The molecule has 3 rings (SSSR count). The summed E-state index contributed by atoms with van der Waals surface area (Å²) in [5, 5.41) is 0.247. The van der Waals surface area contributed by atoms with E-state index in [1.165, 1.54) is 18.2 Å². The first-order valence-corrected chi connectivity index (χ1v) is 9.40. The Hall–Kier alpha value is -2.18. The quantitative estimate of drug-likeness (QED) is 0.781. The molecule has 1 aliphatic rings. The summed E-state index contributed by atoms with van der Waals surface area (Å²) >= 11 is 5.99. The number of amides is 2. The zero-order valence-corrected chi connectivity index (χ0v) is 14.4. The van der Waals surface area contributed by atoms with Gasteiger partial charge in [-0.1, -0.05) is 30.7 Å². The van der Waals surface area contributed by atoms with Gasteiger partial charge in [0, 0.05) is 5.02 Å². The van der Waals surface area contributed by atoms with E-state index in [4.69, 9.17) is 11.6 Å². The second-order valence-electron chi connectivity index (χ2n) is 5.42. The van der Waals surface area contributed by atoms with Gasteiger partial charge in [-0.2, -0.15) is 0 Å². The van der Waals surface area contributed by atoms with Crippen LogP contribution in [0.1, 0.15) is 34.1 Å². The monoisotopic (exact) mass is 363 g/mol. The van der Waals surface area contributed by atoms with E-state index in [-0.39, 0.29) is 32.5 Å². The first kappa shape index (κ1) is 16.7. The fourth-order valence-electron chi connectivity index (χ4n) is 2.71. The molecule has 5 nitrogen and oxygen atoms in total. The second kappa shape index (κ2) is 6.03. The van der Waals surface area contributed by atoms with Crippen molar-refractivity contribution in [2.75, 3.05) is 10.7 Å². The lowest BCUT2D eigenvalue weighted by Crippen LogP contribution is -2.31. The molecule has 0 aliphatic carbocycles. The van der Waals surface area contributed by atoms with Gasteiger partial charge in [-0.15, -0.1) is 0 Å². The van der Waals surface area contributed by atoms with Crippen molar-refractivity contribution in [2.24, 2.45) is 0 Å². The smallest absolute Gasteiger partial charge is 0.266 e. The van der Waals surface area contributed by atoms with E-state index in [0.29, 0.717) is 6.42 Å². The average Bonchev–Trinajstić information content (AvgIpc) is 2.79. The summed E-state index contributed by atoms with van der Waals surface area (Å²) < 4.78 is 25.0. The molecule has 2 amide bonds. The van der Waals surface area contributed by atoms with Gasteiger partial charge in [-0.05, 0) is 36.8 Å². The van der Waals surface area contributed by atoms with E-state index < -0.39 is 21.7 Å². The maximum Gasteiger partial charge on any atom is 0.266 e. The first-order valence-electron chi connectivity index (χ1n) is 7.37. The normalized spacial score (nSPS) is 14.2. The van der Waals surface area contributed by atoms with Gasteiger partial charge in [0.25, 0.3) is 11.8 Å². The Morgan fingerprint density at radius 1 is 1.00 bits per heavy atom. The Bertz CT molecular complexity index is 918. The van der Waals surface area contributed by atoms with Gasteiger partial charge in [-0.3, -0.25) is 9.59 Å². The number of hydrogen-bond donors (Lipinski definition) is 0. The first-order chi connectivity index (χ1) is 11.4. The summed E-state index contributed by atoms with van der Waals surface area (Å²) in [6, 6.07) is 10.5. The summed E-state index contributed by atoms with van der Waals surface area (Å²) in [5.74, 6) is -1.18. The number of fused-ring (bicyclic) bond motifs is 1. The molecule has 0 N–H and O–H groups in total. The van der Waals surface area contributed by atoms with Crippen molar-refractivity contribution in [1.82, 2.24) is 0 Å². The largest absolute Gasteiger partial charge is 0.268 e. The molecule has 2 aromatic carbocycles. The summed E-state index contributed by atoms with van der Waals surface area (Å²) in [4.78, 5) is 26.1. The summed E-state index contributed by atoms with van der Waals surface area (Å²) in [5.41, 5.74) is 0.504. The van der Waals surface area contributed by atoms with Gasteiger partial charge in [0.1, 0.15) is 0 Å². The van der Waals surface area contributed by atoms with Crippen LogP contribution in [0.25, 0.3) is 0 Å². The lowest BCUT2D eigenvalue weighted by Gasteiger charge is -2.18. The van der Waals surface area contributed by atoms with E-state index in [0.717, 1.165) is 4.90 Å². The second-order valence-corrected chi connectivity index (χ2v) is 7.94. The van der Waals surface area contributed by atoms with Crippen LogP contribution in [0.15, 0.2) is 47.4 Å². The number of carbonyl (C=O) groups is 2. The molecule has 1 heterocycles. The Labute approximate surface area is 144 Å². The Morgan fingerprint density at radius 2 is 1.58 bits per heavy atom. The Morgan fingerprint density at radius 3 is 2.12 bits per heavy atom. The van der Waals surface area contributed by atoms with Gasteiger partial charge in [0.05, 0.1) is 27.5 Å². The number of sulfone groups is 1. The highest BCUT2D eigenvalue weighted by Crippen LogP contribution is 2.35.